The van der Waals surface area contributed by atoms with E-state index in [0.29, 0.717) is 12.0 Å². The Bertz CT molecular complexity index is 1380. The van der Waals surface area contributed by atoms with Crippen molar-refractivity contribution in [2.24, 2.45) is 28.6 Å². The summed E-state index contributed by atoms with van der Waals surface area (Å²) >= 11 is 0. The second-order valence-corrected chi connectivity index (χ2v) is 12.2. The van der Waals surface area contributed by atoms with Crippen molar-refractivity contribution in [2.75, 3.05) is 6.61 Å². The minimum Gasteiger partial charge on any atom is -0.457 e. The lowest BCUT2D eigenvalue weighted by molar-refractivity contribution is -0.204. The molecule has 40 heavy (non-hydrogen) atoms. The summed E-state index contributed by atoms with van der Waals surface area (Å²) in [4.78, 5) is 25.6. The maximum absolute atomic E-state index is 12.9. The standard InChI is InChI=1S/C32H34O8/c1-30(2)22-13-14-31-16-23(40-29(37)19-11-7-4-8-12-19)27(35)32(31,38)25(33)20(15-21(24(22)30)26(31)34)17-39-28(36)18-9-5-3-6-10-18/h3-12,15-16,21-22,24-27,33-35,38H,13-14,17H2,1-2H3/t21-,22+,24-,25+,26?,27-,31+,32-/m0/s1. The second kappa shape index (κ2) is 9.38. The van der Waals surface area contributed by atoms with Crippen LogP contribution in [0.25, 0.3) is 0 Å². The van der Waals surface area contributed by atoms with Crippen LogP contribution in [0.1, 0.15) is 47.4 Å². The molecule has 1 spiro atoms. The summed E-state index contributed by atoms with van der Waals surface area (Å²) in [5.41, 5.74) is -3.15. The zero-order valence-corrected chi connectivity index (χ0v) is 22.4. The fraction of sp³-hybridized carbons (Fsp3) is 0.438. The Hall–Kier alpha value is -3.30. The van der Waals surface area contributed by atoms with Gasteiger partial charge in [0, 0.05) is 5.92 Å². The van der Waals surface area contributed by atoms with Crippen molar-refractivity contribution in [3.8, 4) is 0 Å². The van der Waals surface area contributed by atoms with Gasteiger partial charge in [0.25, 0.3) is 0 Å². The van der Waals surface area contributed by atoms with Crippen LogP contribution < -0.4 is 0 Å². The molecule has 0 heterocycles. The zero-order valence-electron chi connectivity index (χ0n) is 22.4. The summed E-state index contributed by atoms with van der Waals surface area (Å²) in [6, 6.07) is 16.7. The van der Waals surface area contributed by atoms with Gasteiger partial charge in [0.1, 0.15) is 30.2 Å². The predicted octanol–water partition coefficient (Wildman–Crippen LogP) is 3.02. The average Bonchev–Trinajstić information content (AvgIpc) is 3.49. The van der Waals surface area contributed by atoms with Gasteiger partial charge in [-0.25, -0.2) is 9.59 Å². The fourth-order valence-corrected chi connectivity index (χ4v) is 7.68. The van der Waals surface area contributed by atoms with Crippen LogP contribution in [0.5, 0.6) is 0 Å². The topological polar surface area (TPSA) is 134 Å². The number of hydrogen-bond acceptors (Lipinski definition) is 8. The first-order valence-electron chi connectivity index (χ1n) is 13.7. The largest absolute Gasteiger partial charge is 0.457 e. The molecule has 6 rings (SSSR count). The van der Waals surface area contributed by atoms with Gasteiger partial charge in [-0.3, -0.25) is 0 Å². The molecule has 8 nitrogen and oxygen atoms in total. The lowest BCUT2D eigenvalue weighted by Crippen LogP contribution is -2.64. The molecule has 210 valence electrons. The van der Waals surface area contributed by atoms with Gasteiger partial charge in [-0.15, -0.1) is 0 Å². The van der Waals surface area contributed by atoms with Crippen molar-refractivity contribution in [3.63, 3.8) is 0 Å². The van der Waals surface area contributed by atoms with E-state index in [2.05, 4.69) is 13.8 Å². The maximum Gasteiger partial charge on any atom is 0.343 e. The number of hydrogen-bond donors (Lipinski definition) is 4. The van der Waals surface area contributed by atoms with Gasteiger partial charge >= 0.3 is 11.9 Å². The van der Waals surface area contributed by atoms with Gasteiger partial charge < -0.3 is 29.9 Å². The van der Waals surface area contributed by atoms with Gasteiger partial charge in [-0.1, -0.05) is 56.3 Å². The first-order valence-corrected chi connectivity index (χ1v) is 13.7. The second-order valence-electron chi connectivity index (χ2n) is 12.2. The maximum atomic E-state index is 12.9. The van der Waals surface area contributed by atoms with Crippen molar-refractivity contribution in [1.29, 1.82) is 0 Å². The number of carbonyl (C=O) groups is 2. The first kappa shape index (κ1) is 26.9. The summed E-state index contributed by atoms with van der Waals surface area (Å²) in [7, 11) is 0. The van der Waals surface area contributed by atoms with Crippen LogP contribution in [-0.4, -0.2) is 62.9 Å². The van der Waals surface area contributed by atoms with Gasteiger partial charge in [-0.05, 0) is 66.0 Å². The van der Waals surface area contributed by atoms with E-state index in [0.717, 1.165) is 0 Å². The predicted molar refractivity (Wildman–Crippen MR) is 144 cm³/mol. The van der Waals surface area contributed by atoms with Crippen LogP contribution in [0.15, 0.2) is 84.1 Å². The van der Waals surface area contributed by atoms with Crippen LogP contribution in [0.4, 0.5) is 0 Å². The van der Waals surface area contributed by atoms with Crippen LogP contribution in [0.2, 0.25) is 0 Å². The number of esters is 2. The molecule has 8 heteroatoms. The highest BCUT2D eigenvalue weighted by molar-refractivity contribution is 5.90. The fourth-order valence-electron chi connectivity index (χ4n) is 7.68. The number of fused-ring (bicyclic) bond motifs is 3. The summed E-state index contributed by atoms with van der Waals surface area (Å²) in [6.07, 6.45) is -0.655. The number of rotatable bonds is 5. The molecule has 2 fully saturated rings. The Morgan fingerprint density at radius 3 is 2.12 bits per heavy atom. The normalized spacial score (nSPS) is 37.0. The highest BCUT2D eigenvalue weighted by Gasteiger charge is 2.74. The molecule has 2 aromatic carbocycles. The Morgan fingerprint density at radius 2 is 1.50 bits per heavy atom. The van der Waals surface area contributed by atoms with Gasteiger partial charge in [0.2, 0.25) is 0 Å². The van der Waals surface area contributed by atoms with Crippen molar-refractivity contribution >= 4 is 11.9 Å². The van der Waals surface area contributed by atoms with Gasteiger partial charge in [0.05, 0.1) is 22.6 Å². The van der Waals surface area contributed by atoms with Crippen LogP contribution in [0, 0.1) is 28.6 Å². The van der Waals surface area contributed by atoms with Crippen LogP contribution >= 0.6 is 0 Å². The molecule has 0 saturated heterocycles. The van der Waals surface area contributed by atoms with E-state index in [-0.39, 0.29) is 47.2 Å². The lowest BCUT2D eigenvalue weighted by atomic mass is 9.62. The molecule has 0 amide bonds. The Kier molecular flexibility index (Phi) is 6.31. The highest BCUT2D eigenvalue weighted by Crippen LogP contribution is 2.71. The minimum absolute atomic E-state index is 0.0534. The summed E-state index contributed by atoms with van der Waals surface area (Å²) in [5, 5.41) is 47.5. The molecule has 2 saturated carbocycles. The minimum atomic E-state index is -2.33. The first-order chi connectivity index (χ1) is 19.0. The average molecular weight is 547 g/mol. The molecule has 0 aliphatic heterocycles. The summed E-state index contributed by atoms with van der Waals surface area (Å²) in [6.45, 7) is 3.92. The number of ether oxygens (including phenoxy) is 2. The Morgan fingerprint density at radius 1 is 0.900 bits per heavy atom. The van der Waals surface area contributed by atoms with Crippen molar-refractivity contribution in [1.82, 2.24) is 0 Å². The molecule has 4 N–H and O–H groups in total. The zero-order chi connectivity index (χ0) is 28.4. The van der Waals surface area contributed by atoms with E-state index >= 15 is 0 Å². The number of benzene rings is 2. The number of carbonyl (C=O) groups excluding carboxylic acids is 2. The number of aliphatic hydroxyl groups excluding tert-OH is 3. The molecule has 1 unspecified atom stereocenters. The Balaban J connectivity index is 1.37. The number of aliphatic hydroxyl groups is 4. The Labute approximate surface area is 232 Å². The van der Waals surface area contributed by atoms with E-state index in [4.69, 9.17) is 9.47 Å². The lowest BCUT2D eigenvalue weighted by Gasteiger charge is -2.48. The molecule has 8 atom stereocenters. The molecule has 4 aliphatic rings. The van der Waals surface area contributed by atoms with E-state index in [9.17, 15) is 30.0 Å². The van der Waals surface area contributed by atoms with Crippen LogP contribution in [0.3, 0.4) is 0 Å². The third-order valence-corrected chi connectivity index (χ3v) is 9.92. The third-order valence-electron chi connectivity index (χ3n) is 9.92. The molecule has 4 aliphatic carbocycles. The molecule has 2 aromatic rings. The monoisotopic (exact) mass is 546 g/mol. The van der Waals surface area contributed by atoms with Crippen molar-refractivity contribution in [2.45, 2.75) is 50.6 Å². The molecular formula is C32H34O8. The third kappa shape index (κ3) is 3.81. The molecule has 2 bridgehead atoms. The SMILES string of the molecule is CC1(C)[C@H]2[C@@H]3C=C(COC(=O)c4ccccc4)[C@@H](O)[C@]4(O)[C@@H](O)C(OC(=O)c5ccccc5)=C[C@]4(CC[C@H]21)C3O. The van der Waals surface area contributed by atoms with E-state index in [1.54, 1.807) is 66.7 Å². The quantitative estimate of drug-likeness (QED) is 0.332. The molecule has 0 radical (unpaired) electrons. The highest BCUT2D eigenvalue weighted by atomic mass is 16.6. The van der Waals surface area contributed by atoms with E-state index < -0.39 is 47.2 Å². The van der Waals surface area contributed by atoms with Crippen LogP contribution in [-0.2, 0) is 9.47 Å². The molecule has 0 aromatic heterocycles. The molecular weight excluding hydrogens is 512 g/mol. The smallest absolute Gasteiger partial charge is 0.343 e. The van der Waals surface area contributed by atoms with E-state index in [1.807, 2.05) is 0 Å². The van der Waals surface area contributed by atoms with Gasteiger partial charge in [0.15, 0.2) is 0 Å². The summed E-state index contributed by atoms with van der Waals surface area (Å²) in [5.74, 6) is -1.75. The van der Waals surface area contributed by atoms with Gasteiger partial charge in [-0.2, -0.15) is 0 Å². The van der Waals surface area contributed by atoms with Crippen molar-refractivity contribution < 1.29 is 39.5 Å². The van der Waals surface area contributed by atoms with E-state index in [1.165, 1.54) is 6.08 Å². The van der Waals surface area contributed by atoms with Crippen molar-refractivity contribution in [3.05, 3.63) is 95.3 Å². The summed E-state index contributed by atoms with van der Waals surface area (Å²) < 4.78 is 11.1.